The van der Waals surface area contributed by atoms with Crippen molar-refractivity contribution in [1.29, 1.82) is 0 Å². The molecule has 0 spiro atoms. The molecule has 0 aliphatic carbocycles. The Bertz CT molecular complexity index is 884. The number of fused-ring (bicyclic) bond motifs is 1. The molecule has 9 heteroatoms. The van der Waals surface area contributed by atoms with Crippen LogP contribution in [0.15, 0.2) is 32.8 Å². The number of nitrogens with two attached hydrogens (primary N) is 1. The Balaban J connectivity index is 2.26. The monoisotopic (exact) mass is 493 g/mol. The number of halogens is 1. The van der Waals surface area contributed by atoms with Crippen LogP contribution in [0.2, 0.25) is 0 Å². The zero-order valence-electron chi connectivity index (χ0n) is 19.0. The minimum absolute atomic E-state index is 0.0434. The number of ether oxygens (including phenoxy) is 1. The van der Waals surface area contributed by atoms with Gasteiger partial charge in [0.2, 0.25) is 0 Å². The van der Waals surface area contributed by atoms with Crippen LogP contribution in [-0.2, 0) is 16.1 Å². The van der Waals surface area contributed by atoms with Gasteiger partial charge in [0, 0.05) is 17.6 Å². The zero-order chi connectivity index (χ0) is 23.4. The SMILES string of the molecule is CC(C)(C)N=CC(=NN)C(=O)N[C@@H]1CCN(C(=O)OC(C)(C)C)Cc2cc(Br)ccc21. The lowest BCUT2D eigenvalue weighted by Crippen LogP contribution is -2.38. The molecular weight excluding hydrogens is 462 g/mol. The van der Waals surface area contributed by atoms with Crippen LogP contribution in [0.25, 0.3) is 0 Å². The quantitative estimate of drug-likeness (QED) is 0.377. The van der Waals surface area contributed by atoms with Gasteiger partial charge in [-0.1, -0.05) is 22.0 Å². The van der Waals surface area contributed by atoms with E-state index < -0.39 is 11.5 Å². The summed E-state index contributed by atoms with van der Waals surface area (Å²) in [6.45, 7) is 12.1. The Labute approximate surface area is 192 Å². The van der Waals surface area contributed by atoms with E-state index in [0.29, 0.717) is 19.5 Å². The highest BCUT2D eigenvalue weighted by molar-refractivity contribution is 9.10. The maximum absolute atomic E-state index is 12.8. The van der Waals surface area contributed by atoms with Crippen molar-refractivity contribution in [1.82, 2.24) is 10.2 Å². The minimum Gasteiger partial charge on any atom is -0.444 e. The fourth-order valence-corrected chi connectivity index (χ4v) is 3.45. The number of benzene rings is 1. The Morgan fingerprint density at radius 2 is 1.94 bits per heavy atom. The van der Waals surface area contributed by atoms with E-state index in [-0.39, 0.29) is 23.4 Å². The normalized spacial score (nSPS) is 17.8. The highest BCUT2D eigenvalue weighted by Crippen LogP contribution is 2.30. The lowest BCUT2D eigenvalue weighted by molar-refractivity contribution is -0.115. The molecule has 2 rings (SSSR count). The fourth-order valence-electron chi connectivity index (χ4n) is 3.05. The molecule has 1 aliphatic rings. The summed E-state index contributed by atoms with van der Waals surface area (Å²) in [6.07, 6.45) is 1.53. The molecule has 1 heterocycles. The summed E-state index contributed by atoms with van der Waals surface area (Å²) in [5.41, 5.74) is 0.965. The molecule has 3 N–H and O–H groups in total. The van der Waals surface area contributed by atoms with E-state index in [1.165, 1.54) is 6.21 Å². The molecule has 8 nitrogen and oxygen atoms in total. The highest BCUT2D eigenvalue weighted by atomic mass is 79.9. The first-order valence-electron chi connectivity index (χ1n) is 10.2. The number of amides is 2. The van der Waals surface area contributed by atoms with Crippen molar-refractivity contribution >= 4 is 39.9 Å². The van der Waals surface area contributed by atoms with Crippen molar-refractivity contribution in [2.75, 3.05) is 6.54 Å². The molecule has 1 aliphatic heterocycles. The molecule has 0 aromatic heterocycles. The van der Waals surface area contributed by atoms with Crippen LogP contribution < -0.4 is 11.2 Å². The number of hydrogen-bond acceptors (Lipinski definition) is 6. The van der Waals surface area contributed by atoms with Gasteiger partial charge in [0.05, 0.1) is 17.8 Å². The Hall–Kier alpha value is -2.42. The average Bonchev–Trinajstić information content (AvgIpc) is 2.79. The van der Waals surface area contributed by atoms with Crippen LogP contribution in [0.1, 0.15) is 65.1 Å². The Morgan fingerprint density at radius 3 is 2.52 bits per heavy atom. The number of hydrogen-bond donors (Lipinski definition) is 2. The van der Waals surface area contributed by atoms with Gasteiger partial charge < -0.3 is 20.8 Å². The number of carbonyl (C=O) groups is 2. The number of carbonyl (C=O) groups excluding carboxylic acids is 2. The summed E-state index contributed by atoms with van der Waals surface area (Å²) in [7, 11) is 0. The minimum atomic E-state index is -0.587. The van der Waals surface area contributed by atoms with Gasteiger partial charge in [0.1, 0.15) is 5.60 Å². The summed E-state index contributed by atoms with van der Waals surface area (Å²) in [6, 6.07) is 5.50. The summed E-state index contributed by atoms with van der Waals surface area (Å²) in [5, 5.41) is 6.59. The summed E-state index contributed by atoms with van der Waals surface area (Å²) in [4.78, 5) is 31.5. The van der Waals surface area contributed by atoms with E-state index in [1.54, 1.807) is 4.90 Å². The van der Waals surface area contributed by atoms with Crippen LogP contribution >= 0.6 is 15.9 Å². The molecule has 1 aromatic rings. The summed E-state index contributed by atoms with van der Waals surface area (Å²) < 4.78 is 6.44. The molecule has 0 radical (unpaired) electrons. The van der Waals surface area contributed by atoms with Gasteiger partial charge in [-0.15, -0.1) is 0 Å². The third-order valence-corrected chi connectivity index (χ3v) is 4.93. The van der Waals surface area contributed by atoms with E-state index in [1.807, 2.05) is 59.7 Å². The molecule has 1 atom stereocenters. The van der Waals surface area contributed by atoms with Gasteiger partial charge in [0.15, 0.2) is 5.71 Å². The highest BCUT2D eigenvalue weighted by Gasteiger charge is 2.29. The average molecular weight is 494 g/mol. The van der Waals surface area contributed by atoms with Crippen molar-refractivity contribution in [2.45, 2.75) is 71.7 Å². The topological polar surface area (TPSA) is 109 Å². The number of nitrogens with zero attached hydrogens (tertiary/aromatic N) is 3. The second-order valence-electron chi connectivity index (χ2n) is 9.50. The number of nitrogens with one attached hydrogen (secondary N) is 1. The lowest BCUT2D eigenvalue weighted by atomic mass is 9.99. The Morgan fingerprint density at radius 1 is 1.26 bits per heavy atom. The van der Waals surface area contributed by atoms with E-state index in [2.05, 4.69) is 31.3 Å². The first-order chi connectivity index (χ1) is 14.3. The maximum atomic E-state index is 12.8. The zero-order valence-corrected chi connectivity index (χ0v) is 20.6. The smallest absolute Gasteiger partial charge is 0.410 e. The predicted octanol–water partition coefficient (Wildman–Crippen LogP) is 3.93. The van der Waals surface area contributed by atoms with Gasteiger partial charge in [-0.3, -0.25) is 9.79 Å². The van der Waals surface area contributed by atoms with Crippen molar-refractivity contribution in [2.24, 2.45) is 15.9 Å². The molecule has 2 amide bonds. The van der Waals surface area contributed by atoms with Crippen LogP contribution in [-0.4, -0.2) is 46.5 Å². The van der Waals surface area contributed by atoms with Crippen LogP contribution in [0.4, 0.5) is 4.79 Å². The van der Waals surface area contributed by atoms with Crippen LogP contribution in [0.3, 0.4) is 0 Å². The second-order valence-corrected chi connectivity index (χ2v) is 10.4. The van der Waals surface area contributed by atoms with Gasteiger partial charge in [0.25, 0.3) is 5.91 Å². The summed E-state index contributed by atoms with van der Waals surface area (Å²) >= 11 is 3.49. The molecule has 0 bridgehead atoms. The fraction of sp³-hybridized carbons (Fsp3) is 0.545. The maximum Gasteiger partial charge on any atom is 0.410 e. The molecule has 1 aromatic carbocycles. The first-order valence-corrected chi connectivity index (χ1v) is 11.0. The van der Waals surface area contributed by atoms with Crippen LogP contribution in [0.5, 0.6) is 0 Å². The van der Waals surface area contributed by atoms with Crippen molar-refractivity contribution < 1.29 is 14.3 Å². The molecule has 0 saturated heterocycles. The van der Waals surface area contributed by atoms with Gasteiger partial charge in [-0.05, 0) is 71.2 Å². The third kappa shape index (κ3) is 7.65. The third-order valence-electron chi connectivity index (χ3n) is 4.43. The van der Waals surface area contributed by atoms with E-state index >= 15 is 0 Å². The number of rotatable bonds is 3. The van der Waals surface area contributed by atoms with Gasteiger partial charge in [-0.2, -0.15) is 5.10 Å². The van der Waals surface area contributed by atoms with Gasteiger partial charge in [-0.25, -0.2) is 4.79 Å². The van der Waals surface area contributed by atoms with Crippen LogP contribution in [0, 0.1) is 0 Å². The summed E-state index contributed by atoms with van der Waals surface area (Å²) in [5.74, 6) is 5.02. The van der Waals surface area contributed by atoms with Crippen molar-refractivity contribution in [3.05, 3.63) is 33.8 Å². The van der Waals surface area contributed by atoms with E-state index in [4.69, 9.17) is 10.6 Å². The molecule has 170 valence electrons. The van der Waals surface area contributed by atoms with E-state index in [0.717, 1.165) is 15.6 Å². The Kier molecular flexibility index (Phi) is 7.86. The van der Waals surface area contributed by atoms with Crippen molar-refractivity contribution in [3.8, 4) is 0 Å². The van der Waals surface area contributed by atoms with Gasteiger partial charge >= 0.3 is 6.09 Å². The molecule has 31 heavy (non-hydrogen) atoms. The predicted molar refractivity (Wildman–Crippen MR) is 126 cm³/mol. The lowest BCUT2D eigenvalue weighted by Gasteiger charge is -2.26. The standard InChI is InChI=1S/C22H32BrN5O3/c1-21(2,3)25-12-18(27-24)19(29)26-17-9-10-28(20(30)31-22(4,5)6)13-14-11-15(23)7-8-16(14)17/h7-8,11-12,17H,9-10,13,24H2,1-6H3,(H,26,29)/t17-/m1/s1. The molecule has 0 saturated carbocycles. The number of aliphatic imine (C=N–C) groups is 1. The molecular formula is C22H32BrN5O3. The molecule has 0 unspecified atom stereocenters. The largest absolute Gasteiger partial charge is 0.444 e. The molecule has 0 fully saturated rings. The van der Waals surface area contributed by atoms with E-state index in [9.17, 15) is 9.59 Å². The number of hydrazone groups is 1. The first kappa shape index (κ1) is 24.8. The second kappa shape index (κ2) is 9.80. The van der Waals surface area contributed by atoms with Crippen molar-refractivity contribution in [3.63, 3.8) is 0 Å².